The summed E-state index contributed by atoms with van der Waals surface area (Å²) in [6, 6.07) is 16.1. The van der Waals surface area contributed by atoms with E-state index in [-0.39, 0.29) is 0 Å². The second kappa shape index (κ2) is 5.94. The summed E-state index contributed by atoms with van der Waals surface area (Å²) in [5.41, 5.74) is 5.38. The highest BCUT2D eigenvalue weighted by Crippen LogP contribution is 2.31. The molecule has 0 unspecified atom stereocenters. The smallest absolute Gasteiger partial charge is 0.115 e. The molecule has 0 aromatic heterocycles. The average molecular weight is 260 g/mol. The van der Waals surface area contributed by atoms with Crippen molar-refractivity contribution in [1.82, 2.24) is 0 Å². The molecule has 2 aromatic rings. The second-order valence-corrected chi connectivity index (χ2v) is 5.63. The summed E-state index contributed by atoms with van der Waals surface area (Å²) >= 11 is 1.73. The molecule has 18 heavy (non-hydrogen) atoms. The third-order valence-electron chi connectivity index (χ3n) is 2.61. The fraction of sp³-hybridized carbons (Fsp3) is 0.200. The van der Waals surface area contributed by atoms with Gasteiger partial charge in [0.1, 0.15) is 5.75 Å². The molecule has 0 heterocycles. The normalized spacial score (nSPS) is 12.3. The molecule has 0 aliphatic rings. The van der Waals surface area contributed by atoms with Crippen LogP contribution in [0.3, 0.4) is 0 Å². The molecule has 0 amide bonds. The summed E-state index contributed by atoms with van der Waals surface area (Å²) in [4.78, 5) is 2.40. The number of rotatable bonds is 4. The van der Waals surface area contributed by atoms with Gasteiger partial charge in [0.15, 0.2) is 0 Å². The van der Waals surface area contributed by atoms with Crippen molar-refractivity contribution >= 4 is 11.8 Å². The first-order valence-corrected chi connectivity index (χ1v) is 6.84. The summed E-state index contributed by atoms with van der Waals surface area (Å²) in [6.07, 6.45) is 0.987. The Kier molecular flexibility index (Phi) is 4.28. The molecule has 0 aliphatic heterocycles. The van der Waals surface area contributed by atoms with Gasteiger partial charge in [0.2, 0.25) is 0 Å². The van der Waals surface area contributed by atoms with Gasteiger partial charge in [-0.25, -0.2) is 0 Å². The maximum atomic E-state index is 9.28. The van der Waals surface area contributed by atoms with Gasteiger partial charge in [-0.05, 0) is 42.8 Å². The van der Waals surface area contributed by atoms with Crippen LogP contribution < -0.4 is 5.73 Å². The molecule has 94 valence electrons. The van der Waals surface area contributed by atoms with Crippen molar-refractivity contribution in [1.29, 1.82) is 0 Å². The van der Waals surface area contributed by atoms with Crippen LogP contribution in [0.2, 0.25) is 0 Å². The molecular weight excluding hydrogens is 242 g/mol. The Hall–Kier alpha value is -1.45. The Bertz CT molecular complexity index is 508. The van der Waals surface area contributed by atoms with Gasteiger partial charge in [-0.3, -0.25) is 0 Å². The quantitative estimate of drug-likeness (QED) is 0.888. The molecule has 0 fully saturated rings. The van der Waals surface area contributed by atoms with E-state index in [1.807, 2.05) is 12.1 Å². The monoisotopic (exact) mass is 260 g/mol. The van der Waals surface area contributed by atoms with E-state index >= 15 is 0 Å². The highest BCUT2D eigenvalue weighted by Gasteiger charge is 2.07. The first-order valence-electron chi connectivity index (χ1n) is 6.03. The zero-order chi connectivity index (χ0) is 13.0. The van der Waals surface area contributed by atoms with Crippen LogP contribution in [0.4, 0.5) is 0 Å². The van der Waals surface area contributed by atoms with E-state index < -0.39 is 0 Å². The summed E-state index contributed by atoms with van der Waals surface area (Å²) in [6.45, 7) is 2.13. The standard InChI is InChI=1S/C15H17NOS/c1-11(16)10-12-4-2-3-5-15(12)18-14-8-6-13(17)7-9-14/h2-9,11,17H,10,16H2,1H3/p+1/t11-/m0/s1. The lowest BCUT2D eigenvalue weighted by Gasteiger charge is -2.09. The molecule has 3 heteroatoms. The predicted molar refractivity (Wildman–Crippen MR) is 74.7 cm³/mol. The summed E-state index contributed by atoms with van der Waals surface area (Å²) in [5, 5.41) is 9.28. The number of hydrogen-bond acceptors (Lipinski definition) is 2. The summed E-state index contributed by atoms with van der Waals surface area (Å²) < 4.78 is 0. The molecule has 2 aromatic carbocycles. The molecule has 0 radical (unpaired) electrons. The second-order valence-electron chi connectivity index (χ2n) is 4.51. The van der Waals surface area contributed by atoms with Gasteiger partial charge in [-0.1, -0.05) is 30.0 Å². The van der Waals surface area contributed by atoms with Gasteiger partial charge in [0.05, 0.1) is 6.04 Å². The number of phenolic OH excluding ortho intramolecular Hbond substituents is 1. The number of benzene rings is 2. The van der Waals surface area contributed by atoms with E-state index in [0.717, 1.165) is 11.3 Å². The first kappa shape index (κ1) is 13.0. The Balaban J connectivity index is 2.20. The van der Waals surface area contributed by atoms with Crippen LogP contribution >= 0.6 is 11.8 Å². The van der Waals surface area contributed by atoms with Crippen LogP contribution in [0.25, 0.3) is 0 Å². The Morgan fingerprint density at radius 1 is 1.11 bits per heavy atom. The lowest BCUT2D eigenvalue weighted by molar-refractivity contribution is -0.413. The molecule has 2 nitrogen and oxygen atoms in total. The van der Waals surface area contributed by atoms with E-state index in [0.29, 0.717) is 11.8 Å². The molecule has 0 saturated heterocycles. The molecule has 1 atom stereocenters. The third-order valence-corrected chi connectivity index (χ3v) is 3.73. The Morgan fingerprint density at radius 3 is 2.44 bits per heavy atom. The van der Waals surface area contributed by atoms with Gasteiger partial charge < -0.3 is 10.8 Å². The summed E-state index contributed by atoms with van der Waals surface area (Å²) in [5.74, 6) is 0.305. The maximum absolute atomic E-state index is 9.28. The number of phenols is 1. The van der Waals surface area contributed by atoms with E-state index in [4.69, 9.17) is 0 Å². The number of quaternary nitrogens is 1. The van der Waals surface area contributed by atoms with Gasteiger partial charge in [-0.2, -0.15) is 0 Å². The molecular formula is C15H18NOS+. The van der Waals surface area contributed by atoms with Crippen LogP contribution in [-0.2, 0) is 6.42 Å². The van der Waals surface area contributed by atoms with Crippen molar-refractivity contribution in [2.75, 3.05) is 0 Å². The van der Waals surface area contributed by atoms with E-state index in [9.17, 15) is 5.11 Å². The van der Waals surface area contributed by atoms with Crippen molar-refractivity contribution < 1.29 is 10.8 Å². The molecule has 2 rings (SSSR count). The van der Waals surface area contributed by atoms with Crippen molar-refractivity contribution in [2.24, 2.45) is 0 Å². The number of hydrogen-bond donors (Lipinski definition) is 2. The van der Waals surface area contributed by atoms with Crippen molar-refractivity contribution in [3.05, 3.63) is 54.1 Å². The molecule has 0 aliphatic carbocycles. The minimum atomic E-state index is 0.305. The molecule has 4 N–H and O–H groups in total. The predicted octanol–water partition coefficient (Wildman–Crippen LogP) is 2.72. The van der Waals surface area contributed by atoms with Crippen LogP contribution in [0.15, 0.2) is 58.3 Å². The largest absolute Gasteiger partial charge is 0.508 e. The van der Waals surface area contributed by atoms with Gasteiger partial charge in [0.25, 0.3) is 0 Å². The van der Waals surface area contributed by atoms with E-state index in [1.165, 1.54) is 10.5 Å². The van der Waals surface area contributed by atoms with Gasteiger partial charge in [-0.15, -0.1) is 0 Å². The Labute approximate surface area is 112 Å². The van der Waals surface area contributed by atoms with E-state index in [2.05, 4.69) is 36.9 Å². The lowest BCUT2D eigenvalue weighted by Crippen LogP contribution is -2.60. The maximum Gasteiger partial charge on any atom is 0.115 e. The van der Waals surface area contributed by atoms with Crippen molar-refractivity contribution in [3.63, 3.8) is 0 Å². The van der Waals surface area contributed by atoms with Crippen molar-refractivity contribution in [3.8, 4) is 5.75 Å². The molecule has 0 saturated carbocycles. The third kappa shape index (κ3) is 3.52. The first-order chi connectivity index (χ1) is 8.65. The highest BCUT2D eigenvalue weighted by molar-refractivity contribution is 7.99. The minimum absolute atomic E-state index is 0.305. The van der Waals surface area contributed by atoms with Crippen LogP contribution in [0.5, 0.6) is 5.75 Å². The van der Waals surface area contributed by atoms with Crippen molar-refractivity contribution in [2.45, 2.75) is 29.2 Å². The lowest BCUT2D eigenvalue weighted by atomic mass is 10.1. The fourth-order valence-corrected chi connectivity index (χ4v) is 2.74. The highest BCUT2D eigenvalue weighted by atomic mass is 32.2. The average Bonchev–Trinajstić information content (AvgIpc) is 2.34. The minimum Gasteiger partial charge on any atom is -0.508 e. The molecule has 0 spiro atoms. The zero-order valence-corrected chi connectivity index (χ0v) is 11.3. The van der Waals surface area contributed by atoms with Gasteiger partial charge >= 0.3 is 0 Å². The molecule has 0 bridgehead atoms. The topological polar surface area (TPSA) is 47.9 Å². The summed E-state index contributed by atoms with van der Waals surface area (Å²) in [7, 11) is 0. The number of aromatic hydroxyl groups is 1. The van der Waals surface area contributed by atoms with E-state index in [1.54, 1.807) is 23.9 Å². The zero-order valence-electron chi connectivity index (χ0n) is 10.5. The van der Waals surface area contributed by atoms with Crippen LogP contribution in [0.1, 0.15) is 12.5 Å². The van der Waals surface area contributed by atoms with Crippen LogP contribution in [-0.4, -0.2) is 11.1 Å². The van der Waals surface area contributed by atoms with Gasteiger partial charge in [0, 0.05) is 16.2 Å². The fourth-order valence-electron chi connectivity index (χ4n) is 1.79. The Morgan fingerprint density at radius 2 is 1.78 bits per heavy atom. The SMILES string of the molecule is C[C@H]([NH3+])Cc1ccccc1Sc1ccc(O)cc1. The van der Waals surface area contributed by atoms with Crippen LogP contribution in [0, 0.1) is 0 Å².